The monoisotopic (exact) mass is 186 g/mol. The van der Waals surface area contributed by atoms with Crippen molar-refractivity contribution in [2.24, 2.45) is 5.92 Å². The Balaban J connectivity index is 2.52. The van der Waals surface area contributed by atoms with E-state index in [1.54, 1.807) is 0 Å². The number of rotatable bonds is 4. The third-order valence-corrected chi connectivity index (χ3v) is 1.98. The molecule has 0 nitrogen and oxygen atoms in total. The Kier molecular flexibility index (Phi) is 4.18. The molecule has 0 amide bonds. The molecule has 0 bridgehead atoms. The Morgan fingerprint density at radius 1 is 1.29 bits per heavy atom. The van der Waals surface area contributed by atoms with Crippen molar-refractivity contribution in [2.75, 3.05) is 0 Å². The number of hydrogen-bond acceptors (Lipinski definition) is 0. The van der Waals surface area contributed by atoms with Gasteiger partial charge in [0.25, 0.3) is 0 Å². The molecule has 0 atom stereocenters. The smallest absolute Gasteiger partial charge is 0.0257 e. The van der Waals surface area contributed by atoms with Gasteiger partial charge in [0.1, 0.15) is 0 Å². The molecule has 1 aromatic rings. The maximum atomic E-state index is 4.02. The van der Waals surface area contributed by atoms with Gasteiger partial charge in [-0.1, -0.05) is 68.5 Å². The van der Waals surface area contributed by atoms with Gasteiger partial charge in [-0.3, -0.25) is 0 Å². The van der Waals surface area contributed by atoms with Crippen LogP contribution >= 0.6 is 0 Å². The van der Waals surface area contributed by atoms with E-state index in [0.29, 0.717) is 5.92 Å². The molecule has 0 N–H and O–H groups in total. The number of hydrogen-bond donors (Lipinski definition) is 0. The van der Waals surface area contributed by atoms with Crippen LogP contribution in [0.5, 0.6) is 0 Å². The first-order valence-electron chi connectivity index (χ1n) is 5.09. The minimum Gasteiger partial charge on any atom is -0.0958 e. The highest BCUT2D eigenvalue weighted by Crippen LogP contribution is 2.11. The quantitative estimate of drug-likeness (QED) is 0.615. The average molecular weight is 186 g/mol. The van der Waals surface area contributed by atoms with Crippen LogP contribution < -0.4 is 0 Å². The van der Waals surface area contributed by atoms with E-state index in [2.05, 4.69) is 44.7 Å². The summed E-state index contributed by atoms with van der Waals surface area (Å²) in [6.07, 6.45) is 5.30. The van der Waals surface area contributed by atoms with Crippen LogP contribution in [-0.4, -0.2) is 0 Å². The van der Waals surface area contributed by atoms with E-state index in [-0.39, 0.29) is 0 Å². The highest BCUT2D eigenvalue weighted by molar-refractivity contribution is 5.52. The zero-order chi connectivity index (χ0) is 10.4. The van der Waals surface area contributed by atoms with Crippen LogP contribution in [0, 0.1) is 5.92 Å². The molecular formula is C14H18. The highest BCUT2D eigenvalue weighted by atomic mass is 14.0. The third kappa shape index (κ3) is 4.08. The first-order valence-corrected chi connectivity index (χ1v) is 5.09. The van der Waals surface area contributed by atoms with Crippen molar-refractivity contribution in [2.45, 2.75) is 20.3 Å². The Morgan fingerprint density at radius 3 is 2.50 bits per heavy atom. The van der Waals surface area contributed by atoms with Gasteiger partial charge in [-0.2, -0.15) is 0 Å². The molecule has 0 aliphatic heterocycles. The molecule has 0 radical (unpaired) electrons. The van der Waals surface area contributed by atoms with Gasteiger partial charge in [-0.15, -0.1) is 0 Å². The van der Waals surface area contributed by atoms with Gasteiger partial charge in [0.2, 0.25) is 0 Å². The van der Waals surface area contributed by atoms with Gasteiger partial charge >= 0.3 is 0 Å². The van der Waals surface area contributed by atoms with E-state index in [4.69, 9.17) is 0 Å². The first kappa shape index (κ1) is 10.8. The number of benzene rings is 1. The van der Waals surface area contributed by atoms with Crippen LogP contribution in [0.15, 0.2) is 48.6 Å². The van der Waals surface area contributed by atoms with Gasteiger partial charge in [0, 0.05) is 0 Å². The fraction of sp³-hybridized carbons (Fsp3) is 0.286. The normalized spacial score (nSPS) is 11.1. The van der Waals surface area contributed by atoms with Gasteiger partial charge in [-0.25, -0.2) is 0 Å². The summed E-state index contributed by atoms with van der Waals surface area (Å²) < 4.78 is 0. The first-order chi connectivity index (χ1) is 6.68. The Morgan fingerprint density at radius 2 is 1.93 bits per heavy atom. The van der Waals surface area contributed by atoms with E-state index in [1.165, 1.54) is 11.1 Å². The molecule has 0 fully saturated rings. The molecule has 0 spiro atoms. The lowest BCUT2D eigenvalue weighted by molar-refractivity contribution is 0.651. The minimum atomic E-state index is 0.683. The van der Waals surface area contributed by atoms with Crippen molar-refractivity contribution in [3.8, 4) is 0 Å². The molecule has 1 aromatic carbocycles. The van der Waals surface area contributed by atoms with Crippen molar-refractivity contribution in [1.82, 2.24) is 0 Å². The SMILES string of the molecule is C=C(/C=C\c1ccccc1)CC(C)C. The summed E-state index contributed by atoms with van der Waals surface area (Å²) in [5.74, 6) is 0.683. The standard InChI is InChI=1S/C14H18/c1-12(2)11-13(3)9-10-14-7-5-4-6-8-14/h4-10,12H,3,11H2,1-2H3/b10-9-. The summed E-state index contributed by atoms with van der Waals surface area (Å²) in [6, 6.07) is 10.3. The predicted molar refractivity (Wildman–Crippen MR) is 64.1 cm³/mol. The van der Waals surface area contributed by atoms with Crippen LogP contribution in [0.25, 0.3) is 6.08 Å². The predicted octanol–water partition coefficient (Wildman–Crippen LogP) is 4.30. The molecule has 74 valence electrons. The largest absolute Gasteiger partial charge is 0.0958 e. The van der Waals surface area contributed by atoms with E-state index in [0.717, 1.165) is 6.42 Å². The summed E-state index contributed by atoms with van der Waals surface area (Å²) in [4.78, 5) is 0. The maximum absolute atomic E-state index is 4.02. The summed E-state index contributed by atoms with van der Waals surface area (Å²) in [5.41, 5.74) is 2.43. The Hall–Kier alpha value is -1.30. The summed E-state index contributed by atoms with van der Waals surface area (Å²) in [5, 5.41) is 0. The average Bonchev–Trinajstić information content (AvgIpc) is 2.15. The lowest BCUT2D eigenvalue weighted by Gasteiger charge is -2.02. The van der Waals surface area contributed by atoms with E-state index < -0.39 is 0 Å². The third-order valence-electron chi connectivity index (χ3n) is 1.98. The van der Waals surface area contributed by atoms with Crippen LogP contribution in [0.2, 0.25) is 0 Å². The second-order valence-corrected chi connectivity index (χ2v) is 4.00. The van der Waals surface area contributed by atoms with Crippen LogP contribution in [0.4, 0.5) is 0 Å². The highest BCUT2D eigenvalue weighted by Gasteiger charge is 1.94. The van der Waals surface area contributed by atoms with Gasteiger partial charge < -0.3 is 0 Å². The molecule has 0 heterocycles. The zero-order valence-electron chi connectivity index (χ0n) is 9.03. The van der Waals surface area contributed by atoms with Crippen LogP contribution in [0.3, 0.4) is 0 Å². The Labute approximate surface area is 87.0 Å². The van der Waals surface area contributed by atoms with E-state index in [9.17, 15) is 0 Å². The van der Waals surface area contributed by atoms with Crippen molar-refractivity contribution >= 4 is 6.08 Å². The van der Waals surface area contributed by atoms with Crippen molar-refractivity contribution in [3.63, 3.8) is 0 Å². The lowest BCUT2D eigenvalue weighted by Crippen LogP contribution is -1.87. The van der Waals surface area contributed by atoms with Crippen molar-refractivity contribution in [3.05, 3.63) is 54.1 Å². The number of allylic oxidation sites excluding steroid dienone is 2. The molecule has 0 heteroatoms. The van der Waals surface area contributed by atoms with Crippen molar-refractivity contribution in [1.29, 1.82) is 0 Å². The van der Waals surface area contributed by atoms with E-state index >= 15 is 0 Å². The molecule has 0 aromatic heterocycles. The summed E-state index contributed by atoms with van der Waals surface area (Å²) >= 11 is 0. The fourth-order valence-electron chi connectivity index (χ4n) is 1.37. The van der Waals surface area contributed by atoms with Crippen molar-refractivity contribution < 1.29 is 0 Å². The van der Waals surface area contributed by atoms with Crippen LogP contribution in [-0.2, 0) is 0 Å². The summed E-state index contributed by atoms with van der Waals surface area (Å²) in [6.45, 7) is 8.44. The maximum Gasteiger partial charge on any atom is -0.0257 e. The molecule has 14 heavy (non-hydrogen) atoms. The molecule has 0 unspecified atom stereocenters. The van der Waals surface area contributed by atoms with Crippen LogP contribution in [0.1, 0.15) is 25.8 Å². The zero-order valence-corrected chi connectivity index (χ0v) is 9.03. The second-order valence-electron chi connectivity index (χ2n) is 4.00. The minimum absolute atomic E-state index is 0.683. The topological polar surface area (TPSA) is 0 Å². The molecule has 0 saturated heterocycles. The molecule has 0 aliphatic rings. The summed E-state index contributed by atoms with van der Waals surface area (Å²) in [7, 11) is 0. The fourth-order valence-corrected chi connectivity index (χ4v) is 1.37. The molecule has 0 aliphatic carbocycles. The van der Waals surface area contributed by atoms with Gasteiger partial charge in [0.15, 0.2) is 0 Å². The van der Waals surface area contributed by atoms with E-state index in [1.807, 2.05) is 18.2 Å². The molecule has 1 rings (SSSR count). The second kappa shape index (κ2) is 5.43. The van der Waals surface area contributed by atoms with Gasteiger partial charge in [-0.05, 0) is 17.9 Å². The lowest BCUT2D eigenvalue weighted by atomic mass is 10.0. The molecular weight excluding hydrogens is 168 g/mol. The Bertz CT molecular complexity index is 304. The van der Waals surface area contributed by atoms with Gasteiger partial charge in [0.05, 0.1) is 0 Å². The molecule has 0 saturated carbocycles.